The monoisotopic (exact) mass is 206 g/mol. The lowest BCUT2D eigenvalue weighted by Gasteiger charge is -2.10. The molecule has 0 heterocycles. The van der Waals surface area contributed by atoms with Crippen LogP contribution in [0.4, 0.5) is 0 Å². The summed E-state index contributed by atoms with van der Waals surface area (Å²) in [7, 11) is 3.45. The summed E-state index contributed by atoms with van der Waals surface area (Å²) in [6.45, 7) is 0.784. The van der Waals surface area contributed by atoms with E-state index in [2.05, 4.69) is 5.32 Å². The van der Waals surface area contributed by atoms with E-state index in [0.717, 1.165) is 12.1 Å². The van der Waals surface area contributed by atoms with Gasteiger partial charge in [0.05, 0.1) is 7.11 Å². The average molecular weight is 206 g/mol. The highest BCUT2D eigenvalue weighted by Gasteiger charge is 2.04. The van der Waals surface area contributed by atoms with Gasteiger partial charge in [-0.15, -0.1) is 0 Å². The second-order valence-electron chi connectivity index (χ2n) is 2.96. The van der Waals surface area contributed by atoms with Crippen LogP contribution in [-0.4, -0.2) is 20.8 Å². The third-order valence-electron chi connectivity index (χ3n) is 1.90. The molecule has 1 aromatic carbocycles. The van der Waals surface area contributed by atoms with Gasteiger partial charge in [0.15, 0.2) is 18.1 Å². The number of hydrogen-bond acceptors (Lipinski definition) is 4. The number of hydrogen-bond donors (Lipinski definition) is 1. The molecule has 0 aromatic heterocycles. The van der Waals surface area contributed by atoms with Crippen molar-refractivity contribution >= 4 is 0 Å². The Kier molecular flexibility index (Phi) is 4.45. The summed E-state index contributed by atoms with van der Waals surface area (Å²) in [5, 5.41) is 11.5. The summed E-state index contributed by atoms with van der Waals surface area (Å²) in [6.07, 6.45) is 0. The molecule has 0 unspecified atom stereocenters. The van der Waals surface area contributed by atoms with E-state index in [1.807, 2.05) is 31.3 Å². The number of methoxy groups -OCH3 is 1. The van der Waals surface area contributed by atoms with Crippen molar-refractivity contribution < 1.29 is 9.47 Å². The number of benzene rings is 1. The molecule has 0 bridgehead atoms. The zero-order valence-corrected chi connectivity index (χ0v) is 8.91. The zero-order chi connectivity index (χ0) is 11.1. The van der Waals surface area contributed by atoms with E-state index in [1.165, 1.54) is 0 Å². The molecule has 1 rings (SSSR count). The van der Waals surface area contributed by atoms with Crippen LogP contribution in [0, 0.1) is 11.3 Å². The van der Waals surface area contributed by atoms with Crippen LogP contribution in [0.1, 0.15) is 5.56 Å². The van der Waals surface area contributed by atoms with Crippen LogP contribution in [0.15, 0.2) is 18.2 Å². The fourth-order valence-corrected chi connectivity index (χ4v) is 1.26. The summed E-state index contributed by atoms with van der Waals surface area (Å²) < 4.78 is 10.4. The Labute approximate surface area is 89.4 Å². The number of nitriles is 1. The van der Waals surface area contributed by atoms with Crippen LogP contribution < -0.4 is 14.8 Å². The van der Waals surface area contributed by atoms with Gasteiger partial charge in [-0.05, 0) is 24.7 Å². The first kappa shape index (κ1) is 11.3. The molecule has 0 aliphatic rings. The minimum Gasteiger partial charge on any atom is -0.493 e. The third kappa shape index (κ3) is 3.15. The van der Waals surface area contributed by atoms with Gasteiger partial charge in [-0.1, -0.05) is 6.07 Å². The lowest BCUT2D eigenvalue weighted by molar-refractivity contribution is 0.329. The minimum atomic E-state index is 0.0271. The maximum absolute atomic E-state index is 8.44. The standard InChI is InChI=1S/C11H14N2O2/c1-13-8-9-3-4-10(14-2)11(7-9)15-6-5-12/h3-4,7,13H,6,8H2,1-2H3. The topological polar surface area (TPSA) is 54.3 Å². The number of nitrogens with zero attached hydrogens (tertiary/aromatic N) is 1. The first-order valence-electron chi connectivity index (χ1n) is 4.63. The first-order chi connectivity index (χ1) is 7.31. The minimum absolute atomic E-state index is 0.0271. The van der Waals surface area contributed by atoms with Crippen molar-refractivity contribution in [1.29, 1.82) is 5.26 Å². The van der Waals surface area contributed by atoms with E-state index in [9.17, 15) is 0 Å². The Balaban J connectivity index is 2.87. The molecule has 0 amide bonds. The molecule has 0 saturated heterocycles. The van der Waals surface area contributed by atoms with Gasteiger partial charge in [0.25, 0.3) is 0 Å². The van der Waals surface area contributed by atoms with Crippen molar-refractivity contribution in [1.82, 2.24) is 5.32 Å². The maximum Gasteiger partial charge on any atom is 0.174 e. The van der Waals surface area contributed by atoms with E-state index in [1.54, 1.807) is 7.11 Å². The van der Waals surface area contributed by atoms with Crippen molar-refractivity contribution in [2.24, 2.45) is 0 Å². The molecule has 0 radical (unpaired) electrons. The average Bonchev–Trinajstić information content (AvgIpc) is 2.27. The molecule has 4 heteroatoms. The largest absolute Gasteiger partial charge is 0.493 e. The molecule has 80 valence electrons. The lowest BCUT2D eigenvalue weighted by Crippen LogP contribution is -2.05. The van der Waals surface area contributed by atoms with Gasteiger partial charge < -0.3 is 14.8 Å². The van der Waals surface area contributed by atoms with Gasteiger partial charge in [0.2, 0.25) is 0 Å². The normalized spacial score (nSPS) is 9.40. The Hall–Kier alpha value is -1.73. The lowest BCUT2D eigenvalue weighted by atomic mass is 10.2. The van der Waals surface area contributed by atoms with E-state index in [0.29, 0.717) is 11.5 Å². The predicted molar refractivity (Wildman–Crippen MR) is 56.9 cm³/mol. The predicted octanol–water partition coefficient (Wildman–Crippen LogP) is 1.32. The van der Waals surface area contributed by atoms with Crippen LogP contribution in [0.5, 0.6) is 11.5 Å². The van der Waals surface area contributed by atoms with Crippen LogP contribution in [0.3, 0.4) is 0 Å². The Bertz CT molecular complexity index is 358. The molecule has 1 N–H and O–H groups in total. The van der Waals surface area contributed by atoms with Crippen LogP contribution in [-0.2, 0) is 6.54 Å². The molecule has 1 aromatic rings. The van der Waals surface area contributed by atoms with Gasteiger partial charge in [0.1, 0.15) is 6.07 Å². The van der Waals surface area contributed by atoms with Crippen molar-refractivity contribution in [2.45, 2.75) is 6.54 Å². The molecular weight excluding hydrogens is 192 g/mol. The molecular formula is C11H14N2O2. The molecule has 0 spiro atoms. The number of rotatable bonds is 5. The molecule has 0 aliphatic heterocycles. The molecule has 0 aliphatic carbocycles. The molecule has 0 fully saturated rings. The highest BCUT2D eigenvalue weighted by atomic mass is 16.5. The van der Waals surface area contributed by atoms with Gasteiger partial charge in [-0.3, -0.25) is 0 Å². The van der Waals surface area contributed by atoms with Gasteiger partial charge >= 0.3 is 0 Å². The fraction of sp³-hybridized carbons (Fsp3) is 0.364. The van der Waals surface area contributed by atoms with Crippen molar-refractivity contribution in [3.8, 4) is 17.6 Å². The van der Waals surface area contributed by atoms with E-state index in [-0.39, 0.29) is 6.61 Å². The fourth-order valence-electron chi connectivity index (χ4n) is 1.26. The van der Waals surface area contributed by atoms with Crippen molar-refractivity contribution in [3.05, 3.63) is 23.8 Å². The maximum atomic E-state index is 8.44. The molecule has 4 nitrogen and oxygen atoms in total. The smallest absolute Gasteiger partial charge is 0.174 e. The van der Waals surface area contributed by atoms with Gasteiger partial charge in [-0.25, -0.2) is 0 Å². The van der Waals surface area contributed by atoms with Gasteiger partial charge in [-0.2, -0.15) is 5.26 Å². The first-order valence-corrected chi connectivity index (χ1v) is 4.63. The molecule has 15 heavy (non-hydrogen) atoms. The summed E-state index contributed by atoms with van der Waals surface area (Å²) in [4.78, 5) is 0. The van der Waals surface area contributed by atoms with Gasteiger partial charge in [0, 0.05) is 6.54 Å². The summed E-state index contributed by atoms with van der Waals surface area (Å²) >= 11 is 0. The molecule has 0 saturated carbocycles. The van der Waals surface area contributed by atoms with Crippen LogP contribution in [0.25, 0.3) is 0 Å². The second-order valence-corrected chi connectivity index (χ2v) is 2.96. The second kappa shape index (κ2) is 5.89. The van der Waals surface area contributed by atoms with Crippen LogP contribution >= 0.6 is 0 Å². The van der Waals surface area contributed by atoms with Crippen molar-refractivity contribution in [2.75, 3.05) is 20.8 Å². The highest BCUT2D eigenvalue weighted by Crippen LogP contribution is 2.27. The number of ether oxygens (including phenoxy) is 2. The quantitative estimate of drug-likeness (QED) is 0.789. The number of nitrogens with one attached hydrogen (secondary N) is 1. The Morgan fingerprint density at radius 1 is 1.40 bits per heavy atom. The molecule has 0 atom stereocenters. The van der Waals surface area contributed by atoms with E-state index >= 15 is 0 Å². The van der Waals surface area contributed by atoms with E-state index in [4.69, 9.17) is 14.7 Å². The summed E-state index contributed by atoms with van der Waals surface area (Å²) in [5.41, 5.74) is 1.09. The Morgan fingerprint density at radius 2 is 2.20 bits per heavy atom. The SMILES string of the molecule is CNCc1ccc(OC)c(OCC#N)c1. The summed E-state index contributed by atoms with van der Waals surface area (Å²) in [6, 6.07) is 7.58. The zero-order valence-electron chi connectivity index (χ0n) is 8.91. The van der Waals surface area contributed by atoms with Crippen LogP contribution in [0.2, 0.25) is 0 Å². The Morgan fingerprint density at radius 3 is 2.80 bits per heavy atom. The highest BCUT2D eigenvalue weighted by molar-refractivity contribution is 5.43. The third-order valence-corrected chi connectivity index (χ3v) is 1.90. The summed E-state index contributed by atoms with van der Waals surface area (Å²) in [5.74, 6) is 1.25. The van der Waals surface area contributed by atoms with E-state index < -0.39 is 0 Å². The van der Waals surface area contributed by atoms with Crippen molar-refractivity contribution in [3.63, 3.8) is 0 Å².